The number of rotatable bonds is 7. The van der Waals surface area contributed by atoms with Crippen LogP contribution in [0.1, 0.15) is 55.5 Å². The molecule has 0 aliphatic carbocycles. The number of hydrogen-bond donors (Lipinski definition) is 1. The Morgan fingerprint density at radius 3 is 2.08 bits per heavy atom. The van der Waals surface area contributed by atoms with Gasteiger partial charge >= 0.3 is 6.09 Å². The second-order valence-corrected chi connectivity index (χ2v) is 11.5. The Morgan fingerprint density at radius 1 is 0.895 bits per heavy atom. The van der Waals surface area contributed by atoms with Gasteiger partial charge in [0.1, 0.15) is 5.60 Å². The van der Waals surface area contributed by atoms with Gasteiger partial charge in [0.25, 0.3) is 0 Å². The van der Waals surface area contributed by atoms with Gasteiger partial charge in [-0.1, -0.05) is 83.9 Å². The first-order chi connectivity index (χ1) is 18.1. The van der Waals surface area contributed by atoms with Crippen molar-refractivity contribution in [3.8, 4) is 0 Å². The van der Waals surface area contributed by atoms with E-state index in [9.17, 15) is 9.59 Å². The second-order valence-electron chi connectivity index (χ2n) is 10.7. The SMILES string of the molecule is CC(C)(C)OC(=O)N1CCC(C(Nc2ccc(Cl)c(Cl)c2)C(C(=O)c2ccccc2)c2ccccc2)CC1. The van der Waals surface area contributed by atoms with E-state index in [0.29, 0.717) is 28.7 Å². The normalized spacial score (nSPS) is 16.0. The molecule has 2 unspecified atom stereocenters. The van der Waals surface area contributed by atoms with Crippen LogP contribution in [-0.4, -0.2) is 41.5 Å². The largest absolute Gasteiger partial charge is 0.444 e. The quantitative estimate of drug-likeness (QED) is 0.301. The molecule has 0 bridgehead atoms. The molecule has 3 aromatic rings. The molecule has 200 valence electrons. The minimum atomic E-state index is -0.549. The molecular weight excluding hydrogens is 519 g/mol. The molecule has 1 N–H and O–H groups in total. The lowest BCUT2D eigenvalue weighted by Crippen LogP contribution is -2.47. The molecule has 2 atom stereocenters. The summed E-state index contributed by atoms with van der Waals surface area (Å²) in [6.45, 7) is 6.72. The first-order valence-corrected chi connectivity index (χ1v) is 13.7. The lowest BCUT2D eigenvalue weighted by Gasteiger charge is -2.40. The summed E-state index contributed by atoms with van der Waals surface area (Å²) in [6, 6.07) is 24.5. The second kappa shape index (κ2) is 12.2. The third-order valence-corrected chi connectivity index (χ3v) is 7.55. The van der Waals surface area contributed by atoms with Gasteiger partial charge in [0.05, 0.1) is 16.0 Å². The summed E-state index contributed by atoms with van der Waals surface area (Å²) in [7, 11) is 0. The summed E-state index contributed by atoms with van der Waals surface area (Å²) in [4.78, 5) is 28.6. The van der Waals surface area contributed by atoms with E-state index in [2.05, 4.69) is 5.32 Å². The predicted octanol–water partition coefficient (Wildman–Crippen LogP) is 8.09. The van der Waals surface area contributed by atoms with Gasteiger partial charge < -0.3 is 15.0 Å². The van der Waals surface area contributed by atoms with E-state index in [0.717, 1.165) is 24.1 Å². The zero-order valence-electron chi connectivity index (χ0n) is 22.0. The lowest BCUT2D eigenvalue weighted by molar-refractivity contribution is 0.0173. The Balaban J connectivity index is 1.68. The maximum atomic E-state index is 14.1. The van der Waals surface area contributed by atoms with Crippen molar-refractivity contribution in [3.63, 3.8) is 0 Å². The van der Waals surface area contributed by atoms with Crippen LogP contribution in [0.2, 0.25) is 10.0 Å². The number of nitrogens with one attached hydrogen (secondary N) is 1. The van der Waals surface area contributed by atoms with Crippen LogP contribution in [0.3, 0.4) is 0 Å². The Hall–Kier alpha value is -3.02. The van der Waals surface area contributed by atoms with Crippen molar-refractivity contribution < 1.29 is 14.3 Å². The summed E-state index contributed by atoms with van der Waals surface area (Å²) in [5, 5.41) is 4.57. The number of ether oxygens (including phenoxy) is 1. The Labute approximate surface area is 235 Å². The number of benzene rings is 3. The highest BCUT2D eigenvalue weighted by Gasteiger charge is 2.38. The average Bonchev–Trinajstić information content (AvgIpc) is 2.90. The molecule has 0 aromatic heterocycles. The average molecular weight is 554 g/mol. The van der Waals surface area contributed by atoms with Crippen molar-refractivity contribution in [1.29, 1.82) is 0 Å². The Morgan fingerprint density at radius 2 is 1.50 bits per heavy atom. The number of anilines is 1. The molecule has 1 fully saturated rings. The fraction of sp³-hybridized carbons (Fsp3) is 0.355. The van der Waals surface area contributed by atoms with Gasteiger partial charge in [-0.3, -0.25) is 4.79 Å². The smallest absolute Gasteiger partial charge is 0.410 e. The molecular formula is C31H34Cl2N2O3. The van der Waals surface area contributed by atoms with E-state index >= 15 is 0 Å². The third-order valence-electron chi connectivity index (χ3n) is 6.81. The fourth-order valence-electron chi connectivity index (χ4n) is 4.98. The van der Waals surface area contributed by atoms with Crippen LogP contribution in [0.5, 0.6) is 0 Å². The maximum absolute atomic E-state index is 14.1. The van der Waals surface area contributed by atoms with E-state index in [-0.39, 0.29) is 23.8 Å². The van der Waals surface area contributed by atoms with Crippen molar-refractivity contribution in [3.05, 3.63) is 100 Å². The van der Waals surface area contributed by atoms with Crippen LogP contribution in [-0.2, 0) is 4.74 Å². The van der Waals surface area contributed by atoms with Gasteiger partial charge in [0.15, 0.2) is 5.78 Å². The van der Waals surface area contributed by atoms with E-state index in [1.54, 1.807) is 17.0 Å². The number of amides is 1. The first-order valence-electron chi connectivity index (χ1n) is 13.0. The molecule has 3 aromatic carbocycles. The molecule has 1 amide bonds. The molecule has 38 heavy (non-hydrogen) atoms. The topological polar surface area (TPSA) is 58.6 Å². The van der Waals surface area contributed by atoms with E-state index in [1.165, 1.54) is 0 Å². The van der Waals surface area contributed by atoms with Crippen LogP contribution in [0, 0.1) is 5.92 Å². The molecule has 0 saturated carbocycles. The highest BCUT2D eigenvalue weighted by molar-refractivity contribution is 6.42. The summed E-state index contributed by atoms with van der Waals surface area (Å²) in [5.41, 5.74) is 1.84. The highest BCUT2D eigenvalue weighted by atomic mass is 35.5. The molecule has 1 aliphatic heterocycles. The van der Waals surface area contributed by atoms with Crippen molar-refractivity contribution in [2.75, 3.05) is 18.4 Å². The zero-order valence-corrected chi connectivity index (χ0v) is 23.5. The van der Waals surface area contributed by atoms with Gasteiger partial charge in [-0.2, -0.15) is 0 Å². The molecule has 0 radical (unpaired) electrons. The van der Waals surface area contributed by atoms with Gasteiger partial charge in [0.2, 0.25) is 0 Å². The monoisotopic (exact) mass is 552 g/mol. The van der Waals surface area contributed by atoms with Gasteiger partial charge in [0, 0.05) is 30.4 Å². The number of hydrogen-bond acceptors (Lipinski definition) is 4. The molecule has 4 rings (SSSR count). The Bertz CT molecular complexity index is 1240. The van der Waals surface area contributed by atoms with E-state index < -0.39 is 11.5 Å². The zero-order chi connectivity index (χ0) is 27.3. The molecule has 7 heteroatoms. The molecule has 0 spiro atoms. The summed E-state index contributed by atoms with van der Waals surface area (Å²) < 4.78 is 5.60. The van der Waals surface area contributed by atoms with E-state index in [1.807, 2.05) is 87.5 Å². The minimum absolute atomic E-state index is 0.0453. The van der Waals surface area contributed by atoms with Crippen LogP contribution < -0.4 is 5.32 Å². The van der Waals surface area contributed by atoms with Gasteiger partial charge in [-0.15, -0.1) is 0 Å². The maximum Gasteiger partial charge on any atom is 0.410 e. The predicted molar refractivity (Wildman–Crippen MR) is 154 cm³/mol. The number of halogens is 2. The summed E-state index contributed by atoms with van der Waals surface area (Å²) in [5.74, 6) is -0.295. The number of piperidine rings is 1. The number of carbonyl (C=O) groups excluding carboxylic acids is 2. The molecule has 5 nitrogen and oxygen atoms in total. The van der Waals surface area contributed by atoms with E-state index in [4.69, 9.17) is 27.9 Å². The van der Waals surface area contributed by atoms with Crippen LogP contribution >= 0.6 is 23.2 Å². The minimum Gasteiger partial charge on any atom is -0.444 e. The first kappa shape index (κ1) is 28.0. The van der Waals surface area contributed by atoms with Gasteiger partial charge in [-0.25, -0.2) is 4.79 Å². The number of likely N-dealkylation sites (tertiary alicyclic amines) is 1. The third kappa shape index (κ3) is 7.09. The molecule has 1 aliphatic rings. The van der Waals surface area contributed by atoms with Crippen molar-refractivity contribution in [1.82, 2.24) is 4.90 Å². The van der Waals surface area contributed by atoms with Crippen molar-refractivity contribution >= 4 is 40.8 Å². The standard InChI is InChI=1S/C31H34Cl2N2O3/c1-31(2,3)38-30(37)35-18-16-22(17-19-35)28(34-24-14-15-25(32)26(33)20-24)27(21-10-6-4-7-11-21)29(36)23-12-8-5-9-13-23/h4-15,20,22,27-28,34H,16-19H2,1-3H3. The van der Waals surface area contributed by atoms with Crippen LogP contribution in [0.15, 0.2) is 78.9 Å². The van der Waals surface area contributed by atoms with Crippen LogP contribution in [0.25, 0.3) is 0 Å². The lowest BCUT2D eigenvalue weighted by atomic mass is 9.75. The van der Waals surface area contributed by atoms with Crippen molar-refractivity contribution in [2.24, 2.45) is 5.92 Å². The van der Waals surface area contributed by atoms with Crippen LogP contribution in [0.4, 0.5) is 10.5 Å². The number of Topliss-reactive ketones (excluding diaryl/α,β-unsaturated/α-hetero) is 1. The highest BCUT2D eigenvalue weighted by Crippen LogP contribution is 2.36. The summed E-state index contributed by atoms with van der Waals surface area (Å²) in [6.07, 6.45) is 1.15. The Kier molecular flexibility index (Phi) is 9.01. The molecule has 1 saturated heterocycles. The molecule has 1 heterocycles. The van der Waals surface area contributed by atoms with Gasteiger partial charge in [-0.05, 0) is 63.3 Å². The number of carbonyl (C=O) groups is 2. The number of nitrogens with zero attached hydrogens (tertiary/aromatic N) is 1. The fourth-order valence-corrected chi connectivity index (χ4v) is 5.28. The summed E-state index contributed by atoms with van der Waals surface area (Å²) >= 11 is 12.5. The van der Waals surface area contributed by atoms with Crippen molar-refractivity contribution in [2.45, 2.75) is 51.2 Å². The number of ketones is 1.